The number of imide groups is 1. The second-order valence-corrected chi connectivity index (χ2v) is 6.93. The van der Waals surface area contributed by atoms with Gasteiger partial charge in [0.25, 0.3) is 0 Å². The van der Waals surface area contributed by atoms with Crippen LogP contribution in [0.2, 0.25) is 0 Å². The minimum absolute atomic E-state index is 0.0920. The normalized spacial score (nSPS) is 18.1. The molecule has 3 amide bonds. The van der Waals surface area contributed by atoms with E-state index < -0.39 is 17.6 Å². The third kappa shape index (κ3) is 6.56. The first kappa shape index (κ1) is 19.4. The summed E-state index contributed by atoms with van der Waals surface area (Å²) in [5, 5.41) is 5.06. The molecular weight excluding hydrogens is 298 g/mol. The quantitative estimate of drug-likeness (QED) is 0.759. The number of hydrogen-bond donors (Lipinski definition) is 2. The summed E-state index contributed by atoms with van der Waals surface area (Å²) < 4.78 is 5.03. The molecule has 1 rings (SSSR count). The zero-order valence-electron chi connectivity index (χ0n) is 14.8. The van der Waals surface area contributed by atoms with Gasteiger partial charge in [-0.15, -0.1) is 0 Å². The van der Waals surface area contributed by atoms with Gasteiger partial charge in [0.15, 0.2) is 0 Å². The number of carbonyl (C=O) groups is 3. The van der Waals surface area contributed by atoms with Gasteiger partial charge in [-0.25, -0.2) is 4.79 Å². The van der Waals surface area contributed by atoms with E-state index in [1.165, 1.54) is 0 Å². The Balaban J connectivity index is 2.44. The van der Waals surface area contributed by atoms with Crippen molar-refractivity contribution in [2.45, 2.75) is 59.0 Å². The number of nitrogens with zero attached hydrogens (tertiary/aromatic N) is 1. The molecule has 1 saturated heterocycles. The number of piperidine rings is 1. The molecule has 1 unspecified atom stereocenters. The minimum Gasteiger partial charge on any atom is -0.466 e. The molecule has 0 spiro atoms. The molecule has 0 aromatic rings. The third-order valence-electron chi connectivity index (χ3n) is 3.80. The molecule has 0 bridgehead atoms. The largest absolute Gasteiger partial charge is 0.466 e. The molecule has 0 saturated carbocycles. The van der Waals surface area contributed by atoms with Gasteiger partial charge in [-0.2, -0.15) is 0 Å². The summed E-state index contributed by atoms with van der Waals surface area (Å²) in [5.41, 5.74) is -0.397. The Hall–Kier alpha value is -1.63. The summed E-state index contributed by atoms with van der Waals surface area (Å²) >= 11 is 0. The van der Waals surface area contributed by atoms with Crippen LogP contribution in [0.4, 0.5) is 4.79 Å². The van der Waals surface area contributed by atoms with Crippen LogP contribution in [0.1, 0.15) is 47.5 Å². The van der Waals surface area contributed by atoms with Gasteiger partial charge >= 0.3 is 12.0 Å². The molecule has 1 aliphatic heterocycles. The Morgan fingerprint density at radius 1 is 1.22 bits per heavy atom. The van der Waals surface area contributed by atoms with E-state index in [1.54, 1.807) is 13.8 Å². The maximum absolute atomic E-state index is 12.2. The molecule has 1 heterocycles. The molecule has 0 aromatic heterocycles. The number of urea groups is 1. The molecule has 23 heavy (non-hydrogen) atoms. The van der Waals surface area contributed by atoms with Crippen molar-refractivity contribution in [3.63, 3.8) is 0 Å². The average molecular weight is 327 g/mol. The number of rotatable bonds is 4. The molecular formula is C16H29N3O4. The van der Waals surface area contributed by atoms with E-state index in [0.29, 0.717) is 32.5 Å². The van der Waals surface area contributed by atoms with Crippen molar-refractivity contribution in [3.05, 3.63) is 0 Å². The van der Waals surface area contributed by atoms with Gasteiger partial charge in [-0.1, -0.05) is 0 Å². The van der Waals surface area contributed by atoms with E-state index >= 15 is 0 Å². The summed E-state index contributed by atoms with van der Waals surface area (Å²) in [4.78, 5) is 37.6. The lowest BCUT2D eigenvalue weighted by Crippen LogP contribution is -2.54. The molecule has 2 N–H and O–H groups in total. The van der Waals surface area contributed by atoms with Gasteiger partial charge in [-0.05, 0) is 60.5 Å². The van der Waals surface area contributed by atoms with Gasteiger partial charge in [0.1, 0.15) is 0 Å². The highest BCUT2D eigenvalue weighted by Gasteiger charge is 2.31. The van der Waals surface area contributed by atoms with Crippen LogP contribution in [-0.4, -0.2) is 54.1 Å². The van der Waals surface area contributed by atoms with Crippen LogP contribution in [0.3, 0.4) is 0 Å². The molecule has 0 radical (unpaired) electrons. The van der Waals surface area contributed by atoms with Crippen molar-refractivity contribution >= 4 is 17.9 Å². The summed E-state index contributed by atoms with van der Waals surface area (Å²) in [5.74, 6) is -0.583. The fourth-order valence-electron chi connectivity index (χ4n) is 2.54. The molecule has 132 valence electrons. The molecule has 0 aromatic carbocycles. The van der Waals surface area contributed by atoms with Gasteiger partial charge in [-0.3, -0.25) is 19.8 Å². The molecule has 1 aliphatic rings. The summed E-state index contributed by atoms with van der Waals surface area (Å²) in [6.07, 6.45) is 1.34. The number of ether oxygens (including phenoxy) is 1. The predicted molar refractivity (Wildman–Crippen MR) is 86.8 cm³/mol. The summed E-state index contributed by atoms with van der Waals surface area (Å²) in [7, 11) is 0. The van der Waals surface area contributed by atoms with E-state index in [1.807, 2.05) is 25.7 Å². The van der Waals surface area contributed by atoms with E-state index in [9.17, 15) is 14.4 Å². The Labute approximate surface area is 138 Å². The van der Waals surface area contributed by atoms with Gasteiger partial charge in [0.2, 0.25) is 5.91 Å². The highest BCUT2D eigenvalue weighted by atomic mass is 16.5. The highest BCUT2D eigenvalue weighted by molar-refractivity contribution is 5.97. The smallest absolute Gasteiger partial charge is 0.321 e. The zero-order valence-corrected chi connectivity index (χ0v) is 14.8. The first-order valence-electron chi connectivity index (χ1n) is 8.17. The van der Waals surface area contributed by atoms with Gasteiger partial charge < -0.3 is 10.1 Å². The van der Waals surface area contributed by atoms with Crippen LogP contribution in [0.5, 0.6) is 0 Å². The van der Waals surface area contributed by atoms with Gasteiger partial charge in [0, 0.05) is 5.54 Å². The average Bonchev–Trinajstić information content (AvgIpc) is 2.44. The van der Waals surface area contributed by atoms with Crippen molar-refractivity contribution in [1.82, 2.24) is 15.5 Å². The Kier molecular flexibility index (Phi) is 7.00. The third-order valence-corrected chi connectivity index (χ3v) is 3.80. The minimum atomic E-state index is -0.490. The standard InChI is InChI=1S/C16H29N3O4/c1-6-23-14(21)12-7-9-19(10-8-12)11(2)13(20)17-15(22)18-16(3,4)5/h11-12H,6-10H2,1-5H3,(H2,17,18,20,22). The number of hydrogen-bond acceptors (Lipinski definition) is 5. The van der Waals surface area contributed by atoms with Crippen molar-refractivity contribution in [2.24, 2.45) is 5.92 Å². The predicted octanol–water partition coefficient (Wildman–Crippen LogP) is 1.27. The maximum atomic E-state index is 12.2. The number of amides is 3. The van der Waals surface area contributed by atoms with Crippen molar-refractivity contribution in [3.8, 4) is 0 Å². The van der Waals surface area contributed by atoms with Crippen molar-refractivity contribution in [1.29, 1.82) is 0 Å². The fourth-order valence-corrected chi connectivity index (χ4v) is 2.54. The molecule has 0 aliphatic carbocycles. The second-order valence-electron chi connectivity index (χ2n) is 6.93. The lowest BCUT2D eigenvalue weighted by molar-refractivity contribution is -0.149. The highest BCUT2D eigenvalue weighted by Crippen LogP contribution is 2.20. The van der Waals surface area contributed by atoms with Crippen LogP contribution in [0.25, 0.3) is 0 Å². The van der Waals surface area contributed by atoms with Crippen LogP contribution in [0.15, 0.2) is 0 Å². The fraction of sp³-hybridized carbons (Fsp3) is 0.812. The summed E-state index contributed by atoms with van der Waals surface area (Å²) in [6.45, 7) is 10.8. The molecule has 1 fully saturated rings. The van der Waals surface area contributed by atoms with E-state index in [-0.39, 0.29) is 17.8 Å². The van der Waals surface area contributed by atoms with E-state index in [4.69, 9.17) is 4.74 Å². The first-order chi connectivity index (χ1) is 10.6. The number of likely N-dealkylation sites (tertiary alicyclic amines) is 1. The monoisotopic (exact) mass is 327 g/mol. The van der Waals surface area contributed by atoms with Crippen molar-refractivity contribution < 1.29 is 19.1 Å². The zero-order chi connectivity index (χ0) is 17.6. The Morgan fingerprint density at radius 2 is 1.78 bits per heavy atom. The maximum Gasteiger partial charge on any atom is 0.321 e. The van der Waals surface area contributed by atoms with E-state index in [0.717, 1.165) is 0 Å². The first-order valence-corrected chi connectivity index (χ1v) is 8.17. The topological polar surface area (TPSA) is 87.7 Å². The van der Waals surface area contributed by atoms with Crippen LogP contribution < -0.4 is 10.6 Å². The summed E-state index contributed by atoms with van der Waals surface area (Å²) in [6, 6.07) is -0.903. The Morgan fingerprint density at radius 3 is 2.26 bits per heavy atom. The van der Waals surface area contributed by atoms with Crippen LogP contribution in [0, 0.1) is 5.92 Å². The second kappa shape index (κ2) is 8.29. The number of esters is 1. The lowest BCUT2D eigenvalue weighted by Gasteiger charge is -2.34. The Bertz CT molecular complexity index is 437. The SMILES string of the molecule is CCOC(=O)C1CCN(C(C)C(=O)NC(=O)NC(C)(C)C)CC1. The van der Waals surface area contributed by atoms with Crippen molar-refractivity contribution in [2.75, 3.05) is 19.7 Å². The van der Waals surface area contributed by atoms with E-state index in [2.05, 4.69) is 10.6 Å². The number of carbonyl (C=O) groups excluding carboxylic acids is 3. The van der Waals surface area contributed by atoms with Gasteiger partial charge in [0.05, 0.1) is 18.6 Å². The lowest BCUT2D eigenvalue weighted by atomic mass is 9.96. The van der Waals surface area contributed by atoms with Crippen LogP contribution in [-0.2, 0) is 14.3 Å². The molecule has 7 heteroatoms. The van der Waals surface area contributed by atoms with Crippen LogP contribution >= 0.6 is 0 Å². The molecule has 7 nitrogen and oxygen atoms in total. The molecule has 1 atom stereocenters. The number of nitrogens with one attached hydrogen (secondary N) is 2.